The number of nitrogens with zero attached hydrogens (tertiary/aromatic N) is 2. The highest BCUT2D eigenvalue weighted by Crippen LogP contribution is 2.55. The van der Waals surface area contributed by atoms with Crippen LogP contribution in [0.5, 0.6) is 0 Å². The van der Waals surface area contributed by atoms with E-state index < -0.39 is 0 Å². The summed E-state index contributed by atoms with van der Waals surface area (Å²) in [6.45, 7) is 11.7. The molecule has 85 heavy (non-hydrogen) atoms. The minimum absolute atomic E-state index is 0.0132. The quantitative estimate of drug-likeness (QED) is 0.111. The molecule has 1 aliphatic carbocycles. The SMILES string of the molecule is CC(C)(C)c1ccc(N(c2ccccc2)c2ccc3c(-c4cc5ccccc5c5ccccc45)c4cc(N(c5ccccc5)c5ccc6c(c5)C(C)(C)c5c-6ccc6ccccc56)ccc4c(-c4cc5ccccc5c5ccccc45)c3c2)cc1. The third kappa shape index (κ3) is 8.07. The van der Waals surface area contributed by atoms with Gasteiger partial charge in [-0.05, 0) is 216 Å². The van der Waals surface area contributed by atoms with Crippen LogP contribution < -0.4 is 9.80 Å². The first kappa shape index (κ1) is 50.4. The van der Waals surface area contributed by atoms with Gasteiger partial charge in [-0.1, -0.05) is 235 Å². The van der Waals surface area contributed by atoms with Gasteiger partial charge in [0.15, 0.2) is 0 Å². The van der Waals surface area contributed by atoms with Crippen molar-refractivity contribution in [1.82, 2.24) is 0 Å². The van der Waals surface area contributed by atoms with Gasteiger partial charge in [0.1, 0.15) is 0 Å². The Bertz CT molecular complexity index is 5180. The molecule has 0 saturated heterocycles. The molecule has 0 radical (unpaired) electrons. The molecule has 0 atom stereocenters. The van der Waals surface area contributed by atoms with Gasteiger partial charge in [-0.3, -0.25) is 0 Å². The Morgan fingerprint density at radius 1 is 0.259 bits per heavy atom. The molecule has 0 aliphatic heterocycles. The zero-order valence-corrected chi connectivity index (χ0v) is 48.5. The van der Waals surface area contributed by atoms with E-state index in [1.165, 1.54) is 125 Å². The molecular weight excluding hydrogens is 1020 g/mol. The molecule has 15 aromatic rings. The molecule has 0 bridgehead atoms. The smallest absolute Gasteiger partial charge is 0.0468 e. The van der Waals surface area contributed by atoms with E-state index in [2.05, 4.69) is 330 Å². The number of para-hydroxylation sites is 2. The Morgan fingerprint density at radius 2 is 0.647 bits per heavy atom. The van der Waals surface area contributed by atoms with E-state index >= 15 is 0 Å². The first-order valence-electron chi connectivity index (χ1n) is 29.9. The van der Waals surface area contributed by atoms with Gasteiger partial charge in [-0.2, -0.15) is 0 Å². The Morgan fingerprint density at radius 3 is 1.16 bits per heavy atom. The van der Waals surface area contributed by atoms with E-state index in [1.54, 1.807) is 0 Å². The van der Waals surface area contributed by atoms with Crippen LogP contribution in [-0.2, 0) is 10.8 Å². The zero-order chi connectivity index (χ0) is 57.1. The highest BCUT2D eigenvalue weighted by atomic mass is 15.1. The number of benzene rings is 15. The Hall–Kier alpha value is -10.3. The average molecular weight is 1090 g/mol. The van der Waals surface area contributed by atoms with E-state index in [1.807, 2.05) is 0 Å². The molecule has 2 heteroatoms. The Kier molecular flexibility index (Phi) is 11.5. The summed E-state index contributed by atoms with van der Waals surface area (Å²) in [7, 11) is 0. The lowest BCUT2D eigenvalue weighted by Crippen LogP contribution is -2.17. The van der Waals surface area contributed by atoms with Gasteiger partial charge in [0.05, 0.1) is 0 Å². The van der Waals surface area contributed by atoms with Crippen LogP contribution in [0.15, 0.2) is 285 Å². The van der Waals surface area contributed by atoms with Crippen molar-refractivity contribution in [3.8, 4) is 33.4 Å². The molecule has 404 valence electrons. The fourth-order valence-electron chi connectivity index (χ4n) is 14.5. The van der Waals surface area contributed by atoms with E-state index in [9.17, 15) is 0 Å². The van der Waals surface area contributed by atoms with Crippen LogP contribution in [0.1, 0.15) is 51.3 Å². The molecule has 0 saturated carbocycles. The fourth-order valence-corrected chi connectivity index (χ4v) is 14.5. The van der Waals surface area contributed by atoms with Crippen LogP contribution in [0, 0.1) is 0 Å². The maximum atomic E-state index is 2.51. The van der Waals surface area contributed by atoms with Gasteiger partial charge in [0.25, 0.3) is 0 Å². The van der Waals surface area contributed by atoms with Crippen molar-refractivity contribution < 1.29 is 0 Å². The summed E-state index contributed by atoms with van der Waals surface area (Å²) in [6.07, 6.45) is 0. The predicted molar refractivity (Wildman–Crippen MR) is 365 cm³/mol. The number of fused-ring (bicyclic) bond motifs is 13. The van der Waals surface area contributed by atoms with E-state index in [0.29, 0.717) is 0 Å². The predicted octanol–water partition coefficient (Wildman–Crippen LogP) is 23.6. The first-order valence-corrected chi connectivity index (χ1v) is 29.9. The summed E-state index contributed by atoms with van der Waals surface area (Å²) in [5.41, 5.74) is 17.9. The largest absolute Gasteiger partial charge is 0.310 e. The summed E-state index contributed by atoms with van der Waals surface area (Å²) in [5.74, 6) is 0. The van der Waals surface area contributed by atoms with E-state index in [0.717, 1.165) is 34.1 Å². The third-order valence-electron chi connectivity index (χ3n) is 18.5. The summed E-state index contributed by atoms with van der Waals surface area (Å²) in [5, 5.41) is 17.2. The summed E-state index contributed by atoms with van der Waals surface area (Å²) in [6, 6.07) is 107. The number of rotatable bonds is 8. The molecule has 0 spiro atoms. The van der Waals surface area contributed by atoms with Crippen LogP contribution in [-0.4, -0.2) is 0 Å². The van der Waals surface area contributed by atoms with Crippen molar-refractivity contribution in [2.24, 2.45) is 0 Å². The molecule has 2 nitrogen and oxygen atoms in total. The van der Waals surface area contributed by atoms with E-state index in [-0.39, 0.29) is 10.8 Å². The monoisotopic (exact) mass is 1090 g/mol. The van der Waals surface area contributed by atoms with E-state index in [4.69, 9.17) is 0 Å². The van der Waals surface area contributed by atoms with Gasteiger partial charge in [-0.25, -0.2) is 0 Å². The minimum atomic E-state index is -0.237. The van der Waals surface area contributed by atoms with Crippen LogP contribution in [0.4, 0.5) is 34.1 Å². The van der Waals surface area contributed by atoms with Gasteiger partial charge < -0.3 is 9.80 Å². The average Bonchev–Trinajstić information content (AvgIpc) is 2.61. The maximum absolute atomic E-state index is 2.51. The molecule has 0 aromatic heterocycles. The molecule has 15 aromatic carbocycles. The minimum Gasteiger partial charge on any atom is -0.310 e. The van der Waals surface area contributed by atoms with Crippen molar-refractivity contribution in [1.29, 1.82) is 0 Å². The number of hydrogen-bond acceptors (Lipinski definition) is 2. The normalized spacial score (nSPS) is 12.9. The molecule has 0 N–H and O–H groups in total. The number of anilines is 6. The summed E-state index contributed by atoms with van der Waals surface area (Å²) in [4.78, 5) is 4.92. The van der Waals surface area contributed by atoms with Gasteiger partial charge in [0.2, 0.25) is 0 Å². The number of hydrogen-bond donors (Lipinski definition) is 0. The van der Waals surface area contributed by atoms with Crippen molar-refractivity contribution in [2.75, 3.05) is 9.80 Å². The van der Waals surface area contributed by atoms with Gasteiger partial charge in [-0.15, -0.1) is 0 Å². The maximum Gasteiger partial charge on any atom is 0.0468 e. The fraction of sp³-hybridized carbons (Fsp3) is 0.0843. The van der Waals surface area contributed by atoms with Crippen molar-refractivity contribution >= 4 is 110 Å². The van der Waals surface area contributed by atoms with Crippen molar-refractivity contribution in [3.05, 3.63) is 302 Å². The van der Waals surface area contributed by atoms with Crippen LogP contribution in [0.25, 0.3) is 109 Å². The highest BCUT2D eigenvalue weighted by molar-refractivity contribution is 6.29. The lowest BCUT2D eigenvalue weighted by Gasteiger charge is -2.30. The molecule has 1 aliphatic rings. The molecule has 0 amide bonds. The summed E-state index contributed by atoms with van der Waals surface area (Å²) >= 11 is 0. The molecular formula is C83H62N2. The molecule has 16 rings (SSSR count). The lowest BCUT2D eigenvalue weighted by atomic mass is 9.80. The van der Waals surface area contributed by atoms with Crippen molar-refractivity contribution in [3.63, 3.8) is 0 Å². The first-order chi connectivity index (χ1) is 41.6. The molecule has 0 heterocycles. The van der Waals surface area contributed by atoms with Crippen molar-refractivity contribution in [2.45, 2.75) is 45.4 Å². The second-order valence-electron chi connectivity index (χ2n) is 24.8. The topological polar surface area (TPSA) is 6.48 Å². The van der Waals surface area contributed by atoms with Gasteiger partial charge in [0, 0.05) is 39.5 Å². The second-order valence-corrected chi connectivity index (χ2v) is 24.8. The Balaban J connectivity index is 1.03. The standard InChI is InChI=1S/C83H62N2/c1-82(2,3)56-37-39-59(40-38-56)84(57-25-8-6-9-26-57)60-42-46-71-76(50-60)79(74-48-54-23-13-15-29-63(54)66-32-18-20-34-68(66)74)72-47-43-61(51-77(72)80(71)75-49-55-24-14-16-30-64(55)67-33-19-21-35-69(67)75)85(58-27-10-7-11-28-58)62-41-45-70-73-44-36-53-22-12-17-31-65(53)81(73)83(4,5)78(70)52-62/h6-52H,1-5H3. The second kappa shape index (κ2) is 19.4. The van der Waals surface area contributed by atoms with Gasteiger partial charge >= 0.3 is 0 Å². The molecule has 0 unspecified atom stereocenters. The van der Waals surface area contributed by atoms with Crippen LogP contribution in [0.2, 0.25) is 0 Å². The molecule has 0 fully saturated rings. The Labute approximate surface area is 497 Å². The van der Waals surface area contributed by atoms with Crippen LogP contribution >= 0.6 is 0 Å². The zero-order valence-electron chi connectivity index (χ0n) is 48.5. The summed E-state index contributed by atoms with van der Waals surface area (Å²) < 4.78 is 0. The third-order valence-corrected chi connectivity index (χ3v) is 18.5. The van der Waals surface area contributed by atoms with Crippen LogP contribution in [0.3, 0.4) is 0 Å². The highest BCUT2D eigenvalue weighted by Gasteiger charge is 2.38. The lowest BCUT2D eigenvalue weighted by molar-refractivity contribution is 0.590.